The first kappa shape index (κ1) is 8.97. The van der Waals surface area contributed by atoms with Crippen molar-refractivity contribution in [2.24, 2.45) is 0 Å². The van der Waals surface area contributed by atoms with E-state index >= 15 is 0 Å². The highest BCUT2D eigenvalue weighted by atomic mass is 14.9. The van der Waals surface area contributed by atoms with E-state index in [1.165, 1.54) is 12.8 Å². The zero-order chi connectivity index (χ0) is 8.81. The Kier molecular flexibility index (Phi) is 3.51. The van der Waals surface area contributed by atoms with E-state index < -0.39 is 0 Å². The number of aryl methyl sites for hydroxylation is 1. The number of nitrogens with two attached hydrogens (primary N) is 1. The van der Waals surface area contributed by atoms with E-state index in [2.05, 4.69) is 16.9 Å². The van der Waals surface area contributed by atoms with Gasteiger partial charge in [0.15, 0.2) is 0 Å². The average molecular weight is 165 g/mol. The van der Waals surface area contributed by atoms with E-state index in [4.69, 9.17) is 5.73 Å². The third-order valence-electron chi connectivity index (χ3n) is 1.73. The summed E-state index contributed by atoms with van der Waals surface area (Å²) in [4.78, 5) is 8.23. The Morgan fingerprint density at radius 3 is 2.92 bits per heavy atom. The van der Waals surface area contributed by atoms with Gasteiger partial charge in [-0.05, 0) is 12.5 Å². The largest absolute Gasteiger partial charge is 0.384 e. The molecule has 0 aliphatic carbocycles. The molecule has 0 radical (unpaired) electrons. The fraction of sp³-hybridized carbons (Fsp3) is 0.556. The summed E-state index contributed by atoms with van der Waals surface area (Å²) in [5.74, 6) is 1.43. The smallest absolute Gasteiger partial charge is 0.130 e. The summed E-state index contributed by atoms with van der Waals surface area (Å²) < 4.78 is 0. The van der Waals surface area contributed by atoms with Gasteiger partial charge in [0.05, 0.1) is 0 Å². The second-order valence-corrected chi connectivity index (χ2v) is 2.85. The predicted octanol–water partition coefficient (Wildman–Crippen LogP) is 1.79. The molecule has 0 bridgehead atoms. The Labute approximate surface area is 73.0 Å². The quantitative estimate of drug-likeness (QED) is 0.692. The molecule has 0 aromatic carbocycles. The normalized spacial score (nSPS) is 10.1. The summed E-state index contributed by atoms with van der Waals surface area (Å²) in [5.41, 5.74) is 5.51. The van der Waals surface area contributed by atoms with Crippen LogP contribution in [0.4, 0.5) is 5.82 Å². The van der Waals surface area contributed by atoms with Crippen molar-refractivity contribution in [3.8, 4) is 0 Å². The maximum absolute atomic E-state index is 5.51. The Bertz CT molecular complexity index is 235. The summed E-state index contributed by atoms with van der Waals surface area (Å²) in [6, 6.07) is 1.71. The predicted molar refractivity (Wildman–Crippen MR) is 49.7 cm³/mol. The van der Waals surface area contributed by atoms with E-state index in [9.17, 15) is 0 Å². The van der Waals surface area contributed by atoms with Crippen LogP contribution in [0.3, 0.4) is 0 Å². The van der Waals surface area contributed by atoms with E-state index in [1.54, 1.807) is 12.3 Å². The average Bonchev–Trinajstić information content (AvgIpc) is 2.05. The first-order valence-electron chi connectivity index (χ1n) is 4.40. The lowest BCUT2D eigenvalue weighted by Crippen LogP contribution is -1.98. The molecular formula is C9H15N3. The molecule has 0 saturated heterocycles. The Morgan fingerprint density at radius 1 is 1.42 bits per heavy atom. The third-order valence-corrected chi connectivity index (χ3v) is 1.73. The lowest BCUT2D eigenvalue weighted by Gasteiger charge is -1.98. The van der Waals surface area contributed by atoms with Crippen LogP contribution in [-0.4, -0.2) is 9.97 Å². The number of rotatable bonds is 4. The minimum Gasteiger partial charge on any atom is -0.384 e. The van der Waals surface area contributed by atoms with Crippen molar-refractivity contribution in [3.63, 3.8) is 0 Å². The van der Waals surface area contributed by atoms with Gasteiger partial charge in [-0.3, -0.25) is 0 Å². The number of nitrogen functional groups attached to an aromatic ring is 1. The molecule has 3 heteroatoms. The van der Waals surface area contributed by atoms with Crippen LogP contribution in [0.1, 0.15) is 32.0 Å². The van der Waals surface area contributed by atoms with Crippen molar-refractivity contribution in [2.45, 2.75) is 32.6 Å². The van der Waals surface area contributed by atoms with Gasteiger partial charge in [0.25, 0.3) is 0 Å². The van der Waals surface area contributed by atoms with Gasteiger partial charge < -0.3 is 5.73 Å². The van der Waals surface area contributed by atoms with Gasteiger partial charge in [-0.1, -0.05) is 19.8 Å². The molecule has 2 N–H and O–H groups in total. The number of anilines is 1. The van der Waals surface area contributed by atoms with Gasteiger partial charge in [-0.2, -0.15) is 0 Å². The van der Waals surface area contributed by atoms with Gasteiger partial charge in [0, 0.05) is 12.6 Å². The number of unbranched alkanes of at least 4 members (excludes halogenated alkanes) is 2. The summed E-state index contributed by atoms with van der Waals surface area (Å²) in [5, 5.41) is 0. The molecule has 0 aliphatic heterocycles. The second-order valence-electron chi connectivity index (χ2n) is 2.85. The van der Waals surface area contributed by atoms with E-state index in [1.807, 2.05) is 0 Å². The molecule has 1 aromatic heterocycles. The van der Waals surface area contributed by atoms with Gasteiger partial charge in [0.1, 0.15) is 11.6 Å². The number of aromatic nitrogens is 2. The topological polar surface area (TPSA) is 51.8 Å². The highest BCUT2D eigenvalue weighted by Gasteiger charge is 1.95. The summed E-state index contributed by atoms with van der Waals surface area (Å²) in [6.45, 7) is 2.18. The molecule has 0 amide bonds. The number of hydrogen-bond acceptors (Lipinski definition) is 3. The zero-order valence-electron chi connectivity index (χ0n) is 7.45. The Balaban J connectivity index is 2.41. The third kappa shape index (κ3) is 2.86. The zero-order valence-corrected chi connectivity index (χ0v) is 7.45. The molecule has 0 unspecified atom stereocenters. The molecular weight excluding hydrogens is 150 g/mol. The molecule has 66 valence electrons. The molecule has 1 heterocycles. The molecule has 1 aromatic rings. The van der Waals surface area contributed by atoms with Crippen molar-refractivity contribution in [3.05, 3.63) is 18.1 Å². The monoisotopic (exact) mass is 165 g/mol. The van der Waals surface area contributed by atoms with Gasteiger partial charge in [0.2, 0.25) is 0 Å². The van der Waals surface area contributed by atoms with Crippen molar-refractivity contribution >= 4 is 5.82 Å². The van der Waals surface area contributed by atoms with Crippen molar-refractivity contribution < 1.29 is 0 Å². The van der Waals surface area contributed by atoms with E-state index in [-0.39, 0.29) is 0 Å². The van der Waals surface area contributed by atoms with Crippen LogP contribution in [0.25, 0.3) is 0 Å². The lowest BCUT2D eigenvalue weighted by atomic mass is 10.2. The van der Waals surface area contributed by atoms with Crippen molar-refractivity contribution in [1.29, 1.82) is 0 Å². The van der Waals surface area contributed by atoms with Crippen molar-refractivity contribution in [1.82, 2.24) is 9.97 Å². The maximum atomic E-state index is 5.51. The van der Waals surface area contributed by atoms with Crippen LogP contribution < -0.4 is 5.73 Å². The molecule has 3 nitrogen and oxygen atoms in total. The SMILES string of the molecule is CCCCCc1nccc(N)n1. The highest BCUT2D eigenvalue weighted by molar-refractivity contribution is 5.24. The molecule has 0 atom stereocenters. The van der Waals surface area contributed by atoms with Crippen LogP contribution in [0, 0.1) is 0 Å². The second kappa shape index (κ2) is 4.70. The van der Waals surface area contributed by atoms with Crippen LogP contribution >= 0.6 is 0 Å². The Hall–Kier alpha value is -1.12. The van der Waals surface area contributed by atoms with Crippen LogP contribution in [0.2, 0.25) is 0 Å². The molecule has 0 fully saturated rings. The van der Waals surface area contributed by atoms with Crippen LogP contribution in [0.15, 0.2) is 12.3 Å². The first-order valence-corrected chi connectivity index (χ1v) is 4.40. The molecule has 0 saturated carbocycles. The van der Waals surface area contributed by atoms with E-state index in [0.717, 1.165) is 18.7 Å². The fourth-order valence-electron chi connectivity index (χ4n) is 1.07. The molecule has 12 heavy (non-hydrogen) atoms. The minimum absolute atomic E-state index is 0.566. The Morgan fingerprint density at radius 2 is 2.25 bits per heavy atom. The molecule has 0 aliphatic rings. The minimum atomic E-state index is 0.566. The summed E-state index contributed by atoms with van der Waals surface area (Å²) >= 11 is 0. The number of hydrogen-bond donors (Lipinski definition) is 1. The van der Waals surface area contributed by atoms with Gasteiger partial charge >= 0.3 is 0 Å². The first-order chi connectivity index (χ1) is 5.83. The maximum Gasteiger partial charge on any atom is 0.130 e. The molecule has 0 spiro atoms. The van der Waals surface area contributed by atoms with Crippen LogP contribution in [0.5, 0.6) is 0 Å². The molecule has 1 rings (SSSR count). The van der Waals surface area contributed by atoms with Gasteiger partial charge in [-0.25, -0.2) is 9.97 Å². The fourth-order valence-corrected chi connectivity index (χ4v) is 1.07. The summed E-state index contributed by atoms with van der Waals surface area (Å²) in [6.07, 6.45) is 6.27. The number of nitrogens with zero attached hydrogens (tertiary/aromatic N) is 2. The standard InChI is InChI=1S/C9H15N3/c1-2-3-4-5-9-11-7-6-8(10)12-9/h6-7H,2-5H2,1H3,(H2,10,11,12). The highest BCUT2D eigenvalue weighted by Crippen LogP contribution is 2.02. The van der Waals surface area contributed by atoms with E-state index in [0.29, 0.717) is 5.82 Å². The van der Waals surface area contributed by atoms with Gasteiger partial charge in [-0.15, -0.1) is 0 Å². The summed E-state index contributed by atoms with van der Waals surface area (Å²) in [7, 11) is 0. The lowest BCUT2D eigenvalue weighted by molar-refractivity contribution is 0.694. The van der Waals surface area contributed by atoms with Crippen LogP contribution in [-0.2, 0) is 6.42 Å². The van der Waals surface area contributed by atoms with Crippen molar-refractivity contribution in [2.75, 3.05) is 5.73 Å².